The van der Waals surface area contributed by atoms with Crippen LogP contribution in [0.3, 0.4) is 0 Å². The molecule has 27 nitrogen and oxygen atoms in total. The maximum absolute atomic E-state index is 16.1. The van der Waals surface area contributed by atoms with Crippen LogP contribution in [0.15, 0.2) is 201 Å². The van der Waals surface area contributed by atoms with Crippen LogP contribution in [0.2, 0.25) is 0 Å². The van der Waals surface area contributed by atoms with Gasteiger partial charge in [0.25, 0.3) is 0 Å². The number of aromatic nitrogens is 5. The Morgan fingerprint density at radius 1 is 0.475 bits per heavy atom. The number of imidazole rings is 2. The van der Waals surface area contributed by atoms with E-state index in [1.165, 1.54) is 17.9 Å². The van der Waals surface area contributed by atoms with Crippen molar-refractivity contribution in [2.45, 2.75) is 219 Å². The van der Waals surface area contributed by atoms with E-state index >= 15 is 24.0 Å². The smallest absolute Gasteiger partial charge is 0.419 e. The van der Waals surface area contributed by atoms with Crippen molar-refractivity contribution in [1.29, 1.82) is 0 Å². The van der Waals surface area contributed by atoms with Crippen molar-refractivity contribution in [3.8, 4) is 5.75 Å². The Bertz CT molecular complexity index is 4880. The third kappa shape index (κ3) is 23.7. The van der Waals surface area contributed by atoms with Gasteiger partial charge in [-0.3, -0.25) is 38.1 Å². The minimum absolute atomic E-state index is 0.0878. The molecule has 3 aromatic heterocycles. The summed E-state index contributed by atoms with van der Waals surface area (Å²) in [6.45, 7) is 24.5. The zero-order chi connectivity index (χ0) is 85.4. The fourth-order valence-corrected chi connectivity index (χ4v) is 14.1. The highest BCUT2D eigenvalue weighted by atomic mass is 16.6. The summed E-state index contributed by atoms with van der Waals surface area (Å²) in [5.74, 6) is -6.43. The van der Waals surface area contributed by atoms with E-state index in [2.05, 4.69) is 36.9 Å². The molecule has 8 amide bonds. The number of benzene rings is 6. The number of likely N-dealkylation sites (tertiary alicyclic amines) is 1. The van der Waals surface area contributed by atoms with Crippen molar-refractivity contribution in [3.05, 3.63) is 246 Å². The monoisotopic (exact) mass is 1610 g/mol. The molecule has 1 aliphatic rings. The average molecular weight is 1610 g/mol. The predicted molar refractivity (Wildman–Crippen MR) is 445 cm³/mol. The van der Waals surface area contributed by atoms with E-state index in [0.29, 0.717) is 40.0 Å². The van der Waals surface area contributed by atoms with Crippen LogP contribution in [0.5, 0.6) is 5.75 Å². The maximum Gasteiger partial charge on any atom is 0.419 e. The van der Waals surface area contributed by atoms with Gasteiger partial charge in [-0.25, -0.2) is 29.3 Å². The maximum atomic E-state index is 16.1. The highest BCUT2D eigenvalue weighted by Crippen LogP contribution is 2.41. The Labute approximate surface area is 689 Å². The van der Waals surface area contributed by atoms with Crippen molar-refractivity contribution >= 4 is 70.4 Å². The van der Waals surface area contributed by atoms with Gasteiger partial charge in [-0.05, 0) is 153 Å². The lowest BCUT2D eigenvalue weighted by molar-refractivity contribution is -0.146. The van der Waals surface area contributed by atoms with Crippen LogP contribution in [0.25, 0.3) is 10.9 Å². The number of amides is 8. The van der Waals surface area contributed by atoms with Crippen LogP contribution >= 0.6 is 0 Å². The second-order valence-electron chi connectivity index (χ2n) is 34.0. The highest BCUT2D eigenvalue weighted by molar-refractivity contribution is 6.03. The number of carbonyl (C=O) groups is 10. The molecular weight excluding hydrogens is 1500 g/mol. The molecule has 7 atom stereocenters. The molecule has 6 aromatic carbocycles. The second-order valence-corrected chi connectivity index (χ2v) is 34.0. The second kappa shape index (κ2) is 38.2. The van der Waals surface area contributed by atoms with E-state index in [0.717, 1.165) is 27.2 Å². The first-order valence-electron chi connectivity index (χ1n) is 39.8. The molecule has 0 aliphatic carbocycles. The molecule has 1 fully saturated rings. The summed E-state index contributed by atoms with van der Waals surface area (Å²) < 4.78 is 34.2. The summed E-state index contributed by atoms with van der Waals surface area (Å²) in [6, 6.07) is 42.0. The number of rotatable bonds is 32. The zero-order valence-electron chi connectivity index (χ0n) is 69.8. The van der Waals surface area contributed by atoms with Gasteiger partial charge in [0.1, 0.15) is 70.4 Å². The largest absolute Gasteiger partial charge is 0.488 e. The van der Waals surface area contributed by atoms with E-state index in [1.54, 1.807) is 136 Å². The lowest BCUT2D eigenvalue weighted by atomic mass is 9.77. The Morgan fingerprint density at radius 2 is 0.941 bits per heavy atom. The molecule has 0 radical (unpaired) electrons. The molecule has 4 heterocycles. The normalized spacial score (nSPS) is 14.9. The number of carbonyl (C=O) groups excluding carboxylic acids is 10. The minimum Gasteiger partial charge on any atom is -0.488 e. The van der Waals surface area contributed by atoms with Crippen molar-refractivity contribution < 1.29 is 71.6 Å². The molecule has 9 aromatic rings. The highest BCUT2D eigenvalue weighted by Gasteiger charge is 2.45. The number of methoxy groups -OCH3 is 1. The molecule has 624 valence electrons. The average Bonchev–Trinajstić information content (AvgIpc) is 1.32. The number of imide groups is 1. The fourth-order valence-electron chi connectivity index (χ4n) is 14.1. The van der Waals surface area contributed by atoms with Gasteiger partial charge in [-0.1, -0.05) is 166 Å². The number of hydrogen-bond donors (Lipinski definition) is 6. The van der Waals surface area contributed by atoms with Crippen LogP contribution in [-0.2, 0) is 95.1 Å². The molecule has 0 bridgehead atoms. The van der Waals surface area contributed by atoms with Gasteiger partial charge in [0, 0.05) is 62.6 Å². The van der Waals surface area contributed by atoms with Gasteiger partial charge in [0.15, 0.2) is 0 Å². The molecule has 0 saturated carbocycles. The van der Waals surface area contributed by atoms with Crippen molar-refractivity contribution in [2.75, 3.05) is 13.7 Å². The first-order valence-corrected chi connectivity index (χ1v) is 39.8. The van der Waals surface area contributed by atoms with Crippen molar-refractivity contribution in [1.82, 2.24) is 60.5 Å². The third-order valence-electron chi connectivity index (χ3n) is 19.4. The first kappa shape index (κ1) is 88.1. The van der Waals surface area contributed by atoms with Crippen molar-refractivity contribution in [2.24, 2.45) is 5.92 Å². The summed E-state index contributed by atoms with van der Waals surface area (Å²) in [5.41, 5.74) is 0.724. The number of nitrogens with zero attached hydrogens (tertiary/aromatic N) is 6. The SMILES string of the molecule is COC(=O)[C@H](CC(C)C)NC(=O)[C@@H](Cc1cn(Cc2ccccc2)cn1)NC(=O)[C@H](Cc1ccc(OC(C)(C)C)cc1)NC(=O)[C@H](COC(C)(C)C)NC(=O)[C@H](Cc1cn(C(=O)OC(C)(C)C)c2ccccc12)NC(=O)[C@H](Cc1cn(C(c2ccccc2)(c2ccccc2)c2ccccc2)cn1)NC(=O)[C@@H]1CCC(=O)N1C(=O)OC(C)(C)C. The number of fused-ring (bicyclic) bond motifs is 1. The molecule has 1 saturated heterocycles. The van der Waals surface area contributed by atoms with Crippen molar-refractivity contribution in [3.63, 3.8) is 0 Å². The topological polar surface area (TPSA) is 333 Å². The van der Waals surface area contributed by atoms with Gasteiger partial charge in [-0.2, -0.15) is 0 Å². The number of ether oxygens (including phenoxy) is 5. The molecule has 10 rings (SSSR count). The third-order valence-corrected chi connectivity index (χ3v) is 19.4. The number of para-hydroxylation sites is 1. The molecule has 0 spiro atoms. The Balaban J connectivity index is 1.05. The molecular formula is C91H110N12O15. The lowest BCUT2D eigenvalue weighted by Crippen LogP contribution is -2.61. The summed E-state index contributed by atoms with van der Waals surface area (Å²) in [4.78, 5) is 159. The Morgan fingerprint density at radius 3 is 1.47 bits per heavy atom. The molecule has 6 N–H and O–H groups in total. The van der Waals surface area contributed by atoms with E-state index in [9.17, 15) is 24.0 Å². The first-order chi connectivity index (χ1) is 55.8. The van der Waals surface area contributed by atoms with Gasteiger partial charge in [0.2, 0.25) is 41.4 Å². The summed E-state index contributed by atoms with van der Waals surface area (Å²) in [7, 11) is 1.21. The summed E-state index contributed by atoms with van der Waals surface area (Å²) in [6.07, 6.45) is 5.04. The Kier molecular flexibility index (Phi) is 28.5. The lowest BCUT2D eigenvalue weighted by Gasteiger charge is -2.37. The van der Waals surface area contributed by atoms with Crippen LogP contribution < -0.4 is 36.6 Å². The molecule has 0 unspecified atom stereocenters. The molecule has 1 aliphatic heterocycles. The van der Waals surface area contributed by atoms with Crippen LogP contribution in [0, 0.1) is 5.92 Å². The number of esters is 1. The van der Waals surface area contributed by atoms with Crippen LogP contribution in [0.4, 0.5) is 9.59 Å². The molecule has 118 heavy (non-hydrogen) atoms. The quantitative estimate of drug-likeness (QED) is 0.0130. The zero-order valence-corrected chi connectivity index (χ0v) is 69.8. The predicted octanol–water partition coefficient (Wildman–Crippen LogP) is 11.0. The van der Waals surface area contributed by atoms with E-state index in [4.69, 9.17) is 28.7 Å². The molecule has 27 heteroatoms. The van der Waals surface area contributed by atoms with Gasteiger partial charge in [-0.15, -0.1) is 0 Å². The number of nitrogens with one attached hydrogen (secondary N) is 6. The van der Waals surface area contributed by atoms with Gasteiger partial charge < -0.3 is 64.7 Å². The van der Waals surface area contributed by atoms with E-state index < -0.39 is 143 Å². The van der Waals surface area contributed by atoms with Crippen LogP contribution in [-0.4, -0.2) is 166 Å². The van der Waals surface area contributed by atoms with Gasteiger partial charge in [0.05, 0.1) is 48.9 Å². The number of hydrogen-bond acceptors (Lipinski definition) is 17. The van der Waals surface area contributed by atoms with E-state index in [1.807, 2.05) is 165 Å². The fraction of sp³-hybridized carbons (Fsp3) is 0.407. The van der Waals surface area contributed by atoms with Crippen LogP contribution in [0.1, 0.15) is 161 Å². The van der Waals surface area contributed by atoms with Gasteiger partial charge >= 0.3 is 18.2 Å². The summed E-state index contributed by atoms with van der Waals surface area (Å²) in [5, 5.41) is 17.7. The Hall–Kier alpha value is -12.3. The minimum atomic E-state index is -1.73. The summed E-state index contributed by atoms with van der Waals surface area (Å²) >= 11 is 0. The van der Waals surface area contributed by atoms with E-state index in [-0.39, 0.29) is 50.1 Å². The standard InChI is InChI=1S/C91H110N12O15/c1-58(2)46-73(84(111)114-15)98-81(108)71(49-65-53-100(56-92-65)51-60-30-20-16-21-31-60)96-78(105)69(47-59-40-42-67(43-41-59)116-88(6,7)8)94-82(109)74(55-115-87(3,4)5)99-79(106)70(48-61-52-102(85(112)117-89(9,10)11)75-39-29-28-38-68(61)75)95-80(107)72(97-83(110)76-44-45-77(104)103(76)86(113)118-90(12,13)14)50-66-54-101(57-93-66)91(62-32-22-17-23-33-62,63-34-24-18-25-35-63)64-36-26-19-27-37-64/h16-43,52-54,56-58,69-74,76H,44-51,55H2,1-15H3,(H,94,109)(H,95,107)(H,96,105)(H,97,110)(H,98,108)(H,99,106)/t69-,70-,71+,72-,73-,74-,76-/m0/s1.